The smallest absolute Gasteiger partial charge is 0.294 e. The summed E-state index contributed by atoms with van der Waals surface area (Å²) in [6.45, 7) is 5.87. The van der Waals surface area contributed by atoms with Crippen LogP contribution < -0.4 is 10.6 Å². The van der Waals surface area contributed by atoms with E-state index in [0.717, 1.165) is 12.1 Å². The summed E-state index contributed by atoms with van der Waals surface area (Å²) in [6, 6.07) is 2.94. The van der Waals surface area contributed by atoms with Crippen molar-refractivity contribution in [3.8, 4) is 0 Å². The van der Waals surface area contributed by atoms with Crippen LogP contribution in [0.25, 0.3) is 0 Å². The zero-order valence-electron chi connectivity index (χ0n) is 16.8. The summed E-state index contributed by atoms with van der Waals surface area (Å²) in [7, 11) is 1.54. The maximum Gasteiger partial charge on any atom is 0.294 e. The lowest BCUT2D eigenvalue weighted by molar-refractivity contribution is -0.119. The van der Waals surface area contributed by atoms with Gasteiger partial charge < -0.3 is 20.3 Å². The van der Waals surface area contributed by atoms with Gasteiger partial charge in [0.1, 0.15) is 0 Å². The van der Waals surface area contributed by atoms with Crippen LogP contribution in [0.4, 0.5) is 14.5 Å². The Hall–Kier alpha value is -3.07. The molecule has 1 aromatic carbocycles. The molecule has 9 heteroatoms. The average Bonchev–Trinajstić information content (AvgIpc) is 2.86. The quantitative estimate of drug-likeness (QED) is 0.505. The van der Waals surface area contributed by atoms with Crippen molar-refractivity contribution in [3.63, 3.8) is 0 Å². The minimum Gasteiger partial charge on any atom is -0.394 e. The molecule has 0 bridgehead atoms. The first-order valence-corrected chi connectivity index (χ1v) is 8.79. The van der Waals surface area contributed by atoms with Gasteiger partial charge >= 0.3 is 0 Å². The molecule has 0 spiro atoms. The van der Waals surface area contributed by atoms with Crippen LogP contribution in [0, 0.1) is 25.5 Å². The van der Waals surface area contributed by atoms with Gasteiger partial charge in [0.2, 0.25) is 0 Å². The zero-order valence-corrected chi connectivity index (χ0v) is 16.8. The Morgan fingerprint density at radius 3 is 2.31 bits per heavy atom. The molecule has 0 saturated heterocycles. The first kappa shape index (κ1) is 22.2. The van der Waals surface area contributed by atoms with E-state index in [4.69, 9.17) is 0 Å². The van der Waals surface area contributed by atoms with Gasteiger partial charge in [0.15, 0.2) is 11.6 Å². The number of amides is 2. The van der Waals surface area contributed by atoms with Gasteiger partial charge in [0.05, 0.1) is 23.4 Å². The summed E-state index contributed by atoms with van der Waals surface area (Å²) in [6.07, 6.45) is 0. The Labute approximate surface area is 166 Å². The molecule has 0 saturated carbocycles. The molecule has 7 nitrogen and oxygen atoms in total. The summed E-state index contributed by atoms with van der Waals surface area (Å²) >= 11 is 0. The number of anilines is 1. The van der Waals surface area contributed by atoms with E-state index in [0.29, 0.717) is 5.69 Å². The van der Waals surface area contributed by atoms with Crippen molar-refractivity contribution in [1.82, 2.24) is 9.88 Å². The van der Waals surface area contributed by atoms with Gasteiger partial charge in [-0.3, -0.25) is 14.4 Å². The number of carbonyl (C=O) groups is 3. The van der Waals surface area contributed by atoms with Crippen molar-refractivity contribution in [1.29, 1.82) is 0 Å². The lowest BCUT2D eigenvalue weighted by Crippen LogP contribution is -2.49. The predicted octanol–water partition coefficient (Wildman–Crippen LogP) is 2.24. The Morgan fingerprint density at radius 1 is 1.14 bits per heavy atom. The highest BCUT2D eigenvalue weighted by Crippen LogP contribution is 2.24. The zero-order chi connectivity index (χ0) is 22.1. The highest BCUT2D eigenvalue weighted by atomic mass is 19.2. The first-order chi connectivity index (χ1) is 13.4. The van der Waals surface area contributed by atoms with Gasteiger partial charge in [-0.15, -0.1) is 0 Å². The number of Topliss-reactive ketones (excluding diaryl/α,β-unsaturated/α-hetero) is 1. The number of nitrogens with zero attached hydrogens (tertiary/aromatic N) is 1. The first-order valence-electron chi connectivity index (χ1n) is 8.79. The van der Waals surface area contributed by atoms with Gasteiger partial charge in [-0.25, -0.2) is 8.78 Å². The molecule has 0 aliphatic rings. The topological polar surface area (TPSA) is 100 Å². The van der Waals surface area contributed by atoms with Crippen LogP contribution >= 0.6 is 0 Å². The van der Waals surface area contributed by atoms with Gasteiger partial charge in [-0.2, -0.15) is 0 Å². The van der Waals surface area contributed by atoms with E-state index in [9.17, 15) is 28.3 Å². The van der Waals surface area contributed by atoms with E-state index in [1.54, 1.807) is 20.8 Å². The molecule has 0 fully saturated rings. The van der Waals surface area contributed by atoms with Crippen molar-refractivity contribution < 1.29 is 28.3 Å². The van der Waals surface area contributed by atoms with E-state index < -0.39 is 34.8 Å². The molecular weight excluding hydrogens is 384 g/mol. The number of halogens is 2. The summed E-state index contributed by atoms with van der Waals surface area (Å²) in [4.78, 5) is 37.7. The molecule has 0 radical (unpaired) electrons. The number of hydrogen-bond donors (Lipinski definition) is 3. The van der Waals surface area contributed by atoms with Gasteiger partial charge in [0, 0.05) is 24.5 Å². The Bertz CT molecular complexity index is 996. The van der Waals surface area contributed by atoms with Crippen molar-refractivity contribution in [2.45, 2.75) is 33.2 Å². The monoisotopic (exact) mass is 407 g/mol. The highest BCUT2D eigenvalue weighted by molar-refractivity contribution is 6.43. The van der Waals surface area contributed by atoms with Crippen LogP contribution in [0.3, 0.4) is 0 Å². The Balaban J connectivity index is 2.36. The van der Waals surface area contributed by atoms with Crippen LogP contribution in [-0.2, 0) is 11.8 Å². The third-order valence-electron chi connectivity index (χ3n) is 4.60. The average molecular weight is 407 g/mol. The molecule has 29 heavy (non-hydrogen) atoms. The Kier molecular flexibility index (Phi) is 6.22. The summed E-state index contributed by atoms with van der Waals surface area (Å²) in [5.41, 5.74) is -0.0914. The summed E-state index contributed by atoms with van der Waals surface area (Å²) < 4.78 is 27.9. The SMILES string of the molecule is Cc1c(C(=O)Nc2ccc(F)c(F)c2)c(C)n(C)c1C(=O)C(=O)NC(C)(C)CO. The van der Waals surface area contributed by atoms with Crippen molar-refractivity contribution in [2.75, 3.05) is 11.9 Å². The standard InChI is InChI=1S/C20H23F2N3O4/c1-10-15(18(28)23-12-6-7-13(21)14(22)8-12)11(2)25(5)16(10)17(27)19(29)24-20(3,4)9-26/h6-8,26H,9H2,1-5H3,(H,23,28)(H,24,29). The number of ketones is 1. The maximum absolute atomic E-state index is 13.4. The molecule has 2 aromatic rings. The van der Waals surface area contributed by atoms with E-state index in [-0.39, 0.29) is 29.1 Å². The second-order valence-corrected chi connectivity index (χ2v) is 7.40. The maximum atomic E-state index is 13.4. The van der Waals surface area contributed by atoms with Crippen LogP contribution in [-0.4, -0.2) is 39.4 Å². The third-order valence-corrected chi connectivity index (χ3v) is 4.60. The lowest BCUT2D eigenvalue weighted by atomic mass is 10.0. The van der Waals surface area contributed by atoms with Crippen LogP contribution in [0.5, 0.6) is 0 Å². The fourth-order valence-electron chi connectivity index (χ4n) is 2.91. The van der Waals surface area contributed by atoms with E-state index in [2.05, 4.69) is 10.6 Å². The highest BCUT2D eigenvalue weighted by Gasteiger charge is 2.31. The third kappa shape index (κ3) is 4.51. The number of aliphatic hydroxyl groups is 1. The number of aliphatic hydroxyl groups excluding tert-OH is 1. The molecule has 0 aliphatic heterocycles. The summed E-state index contributed by atoms with van der Waals surface area (Å²) in [5.74, 6) is -4.55. The number of hydrogen-bond acceptors (Lipinski definition) is 4. The molecular formula is C20H23F2N3O4. The van der Waals surface area contributed by atoms with Crippen LogP contribution in [0.2, 0.25) is 0 Å². The number of rotatable bonds is 6. The van der Waals surface area contributed by atoms with E-state index >= 15 is 0 Å². The minimum atomic E-state index is -1.11. The van der Waals surface area contributed by atoms with Crippen molar-refractivity contribution >= 4 is 23.3 Å². The molecule has 0 unspecified atom stereocenters. The largest absolute Gasteiger partial charge is 0.394 e. The molecule has 2 amide bonds. The van der Waals surface area contributed by atoms with E-state index in [1.165, 1.54) is 24.6 Å². The molecule has 3 N–H and O–H groups in total. The number of carbonyl (C=O) groups excluding carboxylic acids is 3. The number of aromatic nitrogens is 1. The van der Waals surface area contributed by atoms with Gasteiger partial charge in [-0.05, 0) is 45.4 Å². The predicted molar refractivity (Wildman–Crippen MR) is 103 cm³/mol. The minimum absolute atomic E-state index is 0.0178. The molecule has 0 atom stereocenters. The number of nitrogens with one attached hydrogen (secondary N) is 2. The van der Waals surface area contributed by atoms with Gasteiger partial charge in [-0.1, -0.05) is 0 Å². The van der Waals surface area contributed by atoms with Gasteiger partial charge in [0.25, 0.3) is 17.6 Å². The van der Waals surface area contributed by atoms with Crippen LogP contribution in [0.15, 0.2) is 18.2 Å². The van der Waals surface area contributed by atoms with Crippen LogP contribution in [0.1, 0.15) is 46.0 Å². The van der Waals surface area contributed by atoms with E-state index in [1.807, 2.05) is 0 Å². The normalized spacial score (nSPS) is 11.3. The molecule has 2 rings (SSSR count). The Morgan fingerprint density at radius 2 is 1.76 bits per heavy atom. The molecule has 1 aromatic heterocycles. The number of benzene rings is 1. The molecule has 156 valence electrons. The van der Waals surface area contributed by atoms with Crippen molar-refractivity contribution in [3.05, 3.63) is 52.3 Å². The second-order valence-electron chi connectivity index (χ2n) is 7.40. The summed E-state index contributed by atoms with van der Waals surface area (Å²) in [5, 5.41) is 14.2. The fraction of sp³-hybridized carbons (Fsp3) is 0.350. The second kappa shape index (κ2) is 8.12. The molecule has 1 heterocycles. The van der Waals surface area contributed by atoms with Crippen molar-refractivity contribution in [2.24, 2.45) is 7.05 Å². The molecule has 0 aliphatic carbocycles. The fourth-order valence-corrected chi connectivity index (χ4v) is 2.91. The lowest BCUT2D eigenvalue weighted by Gasteiger charge is -2.23.